The molecule has 0 saturated carbocycles. The number of methoxy groups -OCH3 is 1. The predicted octanol–water partition coefficient (Wildman–Crippen LogP) is 1.56. The molecule has 0 bridgehead atoms. The number of aliphatic hydroxyl groups excluding tert-OH is 1. The summed E-state index contributed by atoms with van der Waals surface area (Å²) in [6.07, 6.45) is 4.30. The van der Waals surface area contributed by atoms with Gasteiger partial charge < -0.3 is 24.8 Å². The molecule has 3 aliphatic heterocycles. The summed E-state index contributed by atoms with van der Waals surface area (Å²) in [4.78, 5) is 19.5. The molecule has 8 nitrogen and oxygen atoms in total. The normalized spacial score (nSPS) is 23.0. The first-order valence-corrected chi connectivity index (χ1v) is 11.4. The Morgan fingerprint density at radius 3 is 2.74 bits per heavy atom. The molecule has 3 heterocycles. The summed E-state index contributed by atoms with van der Waals surface area (Å²) in [5, 5.41) is 15.5. The molecule has 1 amide bonds. The van der Waals surface area contributed by atoms with Crippen LogP contribution in [0.15, 0.2) is 18.2 Å². The molecule has 0 aromatic heterocycles. The quantitative estimate of drug-likeness (QED) is 0.644. The monoisotopic (exact) mass is 433 g/mol. The Hall–Kier alpha value is -1.87. The van der Waals surface area contributed by atoms with E-state index in [4.69, 9.17) is 14.3 Å². The number of rotatable bonds is 8. The van der Waals surface area contributed by atoms with Gasteiger partial charge in [0.05, 0.1) is 13.7 Å². The molecule has 3 fully saturated rings. The molecule has 8 heteroatoms. The fourth-order valence-corrected chi connectivity index (χ4v) is 4.76. The first-order chi connectivity index (χ1) is 15.0. The summed E-state index contributed by atoms with van der Waals surface area (Å²) in [6, 6.07) is 5.90. The highest BCUT2D eigenvalue weighted by Gasteiger charge is 2.40. The molecule has 0 aliphatic carbocycles. The SMILES string of the molecule is COc1ccc(CN2CCCCO2)cc1OCC(O)CN1CCC2(CC1)CNC(=O)C2. The topological polar surface area (TPSA) is 83.5 Å². The van der Waals surface area contributed by atoms with Gasteiger partial charge >= 0.3 is 0 Å². The van der Waals surface area contributed by atoms with Crippen LogP contribution in [0.25, 0.3) is 0 Å². The smallest absolute Gasteiger partial charge is 0.220 e. The number of nitrogens with one attached hydrogen (secondary N) is 1. The maximum absolute atomic E-state index is 11.6. The van der Waals surface area contributed by atoms with Crippen LogP contribution in [0.5, 0.6) is 11.5 Å². The van der Waals surface area contributed by atoms with Gasteiger partial charge in [0.15, 0.2) is 11.5 Å². The van der Waals surface area contributed by atoms with E-state index in [1.807, 2.05) is 23.3 Å². The molecule has 1 atom stereocenters. The average molecular weight is 434 g/mol. The first-order valence-electron chi connectivity index (χ1n) is 11.4. The van der Waals surface area contributed by atoms with Crippen molar-refractivity contribution in [3.05, 3.63) is 23.8 Å². The predicted molar refractivity (Wildman–Crippen MR) is 116 cm³/mol. The fraction of sp³-hybridized carbons (Fsp3) is 0.696. The van der Waals surface area contributed by atoms with Crippen molar-refractivity contribution in [1.29, 1.82) is 0 Å². The lowest BCUT2D eigenvalue weighted by atomic mass is 9.77. The Bertz CT molecular complexity index is 745. The number of carbonyl (C=O) groups is 1. The van der Waals surface area contributed by atoms with Crippen molar-refractivity contribution in [3.8, 4) is 11.5 Å². The number of hydrogen-bond donors (Lipinski definition) is 2. The van der Waals surface area contributed by atoms with Gasteiger partial charge in [-0.05, 0) is 61.9 Å². The zero-order valence-electron chi connectivity index (χ0n) is 18.5. The number of benzene rings is 1. The number of carbonyl (C=O) groups excluding carboxylic acids is 1. The molecule has 1 unspecified atom stereocenters. The van der Waals surface area contributed by atoms with Gasteiger partial charge in [0.2, 0.25) is 5.91 Å². The van der Waals surface area contributed by atoms with Crippen LogP contribution in [-0.2, 0) is 16.2 Å². The minimum atomic E-state index is -0.587. The van der Waals surface area contributed by atoms with Crippen LogP contribution in [-0.4, -0.2) is 80.1 Å². The van der Waals surface area contributed by atoms with Crippen LogP contribution in [0.3, 0.4) is 0 Å². The van der Waals surface area contributed by atoms with Crippen LogP contribution >= 0.6 is 0 Å². The van der Waals surface area contributed by atoms with E-state index in [0.29, 0.717) is 31.0 Å². The lowest BCUT2D eigenvalue weighted by Gasteiger charge is -2.38. The molecule has 3 saturated heterocycles. The molecule has 172 valence electrons. The molecule has 1 aromatic rings. The second kappa shape index (κ2) is 10.2. The van der Waals surface area contributed by atoms with Crippen LogP contribution in [0.2, 0.25) is 0 Å². The largest absolute Gasteiger partial charge is 0.493 e. The summed E-state index contributed by atoms with van der Waals surface area (Å²) in [7, 11) is 1.62. The number of β-amino-alcohol motifs (C(OH)–C–C–N with tert-alkyl or cyclic N) is 1. The van der Waals surface area contributed by atoms with Gasteiger partial charge in [0, 0.05) is 32.6 Å². The lowest BCUT2D eigenvalue weighted by molar-refractivity contribution is -0.187. The number of piperidine rings is 1. The van der Waals surface area contributed by atoms with E-state index in [9.17, 15) is 9.90 Å². The van der Waals surface area contributed by atoms with Gasteiger partial charge in [-0.15, -0.1) is 0 Å². The van der Waals surface area contributed by atoms with Crippen molar-refractivity contribution in [2.45, 2.75) is 44.8 Å². The zero-order valence-corrected chi connectivity index (χ0v) is 18.5. The molecular weight excluding hydrogens is 398 g/mol. The molecule has 31 heavy (non-hydrogen) atoms. The van der Waals surface area contributed by atoms with Gasteiger partial charge in [0.25, 0.3) is 0 Å². The number of amides is 1. The second-order valence-corrected chi connectivity index (χ2v) is 9.11. The Kier molecular flexibility index (Phi) is 7.32. The Labute approximate surface area is 184 Å². The standard InChI is InChI=1S/C23H35N3O5/c1-29-20-5-4-18(14-26-8-2-3-11-31-26)12-21(20)30-16-19(27)15-25-9-6-23(7-10-25)13-22(28)24-17-23/h4-5,12,19,27H,2-3,6-11,13-17H2,1H3,(H,24,28). The van der Waals surface area contributed by atoms with Crippen LogP contribution < -0.4 is 14.8 Å². The summed E-state index contributed by atoms with van der Waals surface area (Å²) in [5.74, 6) is 1.47. The number of hydroxylamine groups is 2. The maximum atomic E-state index is 11.6. The van der Waals surface area contributed by atoms with Gasteiger partial charge in [-0.1, -0.05) is 6.07 Å². The number of hydrogen-bond acceptors (Lipinski definition) is 7. The van der Waals surface area contributed by atoms with Gasteiger partial charge in [-0.25, -0.2) is 0 Å². The van der Waals surface area contributed by atoms with Gasteiger partial charge in [-0.2, -0.15) is 5.06 Å². The van der Waals surface area contributed by atoms with Crippen molar-refractivity contribution in [1.82, 2.24) is 15.3 Å². The maximum Gasteiger partial charge on any atom is 0.220 e. The average Bonchev–Trinajstić information content (AvgIpc) is 3.15. The van der Waals surface area contributed by atoms with Crippen molar-refractivity contribution in [2.24, 2.45) is 5.41 Å². The molecule has 1 aromatic carbocycles. The van der Waals surface area contributed by atoms with Crippen molar-refractivity contribution in [2.75, 3.05) is 53.0 Å². The molecule has 4 rings (SSSR count). The third kappa shape index (κ3) is 5.88. The number of nitrogens with zero attached hydrogens (tertiary/aromatic N) is 2. The van der Waals surface area contributed by atoms with E-state index >= 15 is 0 Å². The van der Waals surface area contributed by atoms with Crippen molar-refractivity contribution >= 4 is 5.91 Å². The number of ether oxygens (including phenoxy) is 2. The molecule has 0 radical (unpaired) electrons. The summed E-state index contributed by atoms with van der Waals surface area (Å²) in [6.45, 7) is 5.79. The Balaban J connectivity index is 1.26. The Morgan fingerprint density at radius 1 is 1.23 bits per heavy atom. The summed E-state index contributed by atoms with van der Waals surface area (Å²) >= 11 is 0. The van der Waals surface area contributed by atoms with E-state index in [1.54, 1.807) is 7.11 Å². The van der Waals surface area contributed by atoms with Crippen LogP contribution in [0, 0.1) is 5.41 Å². The molecular formula is C23H35N3O5. The molecule has 1 spiro atoms. The number of likely N-dealkylation sites (tertiary alicyclic amines) is 1. The van der Waals surface area contributed by atoms with Gasteiger partial charge in [0.1, 0.15) is 12.7 Å². The van der Waals surface area contributed by atoms with Gasteiger partial charge in [-0.3, -0.25) is 9.63 Å². The van der Waals surface area contributed by atoms with E-state index < -0.39 is 6.10 Å². The summed E-state index contributed by atoms with van der Waals surface area (Å²) in [5.41, 5.74) is 1.22. The molecule has 3 aliphatic rings. The van der Waals surface area contributed by atoms with E-state index in [0.717, 1.165) is 64.0 Å². The molecule has 2 N–H and O–H groups in total. The number of aliphatic hydroxyl groups is 1. The first kappa shape index (κ1) is 22.3. The Morgan fingerprint density at radius 2 is 2.06 bits per heavy atom. The highest BCUT2D eigenvalue weighted by molar-refractivity contribution is 5.79. The van der Waals surface area contributed by atoms with Crippen molar-refractivity contribution < 1.29 is 24.2 Å². The third-order valence-corrected chi connectivity index (χ3v) is 6.68. The van der Waals surface area contributed by atoms with E-state index in [2.05, 4.69) is 10.2 Å². The van der Waals surface area contributed by atoms with Crippen LogP contribution in [0.4, 0.5) is 0 Å². The van der Waals surface area contributed by atoms with Crippen LogP contribution in [0.1, 0.15) is 37.7 Å². The summed E-state index contributed by atoms with van der Waals surface area (Å²) < 4.78 is 11.4. The van der Waals surface area contributed by atoms with E-state index in [1.165, 1.54) is 0 Å². The second-order valence-electron chi connectivity index (χ2n) is 9.11. The zero-order chi connectivity index (χ0) is 21.7. The highest BCUT2D eigenvalue weighted by Crippen LogP contribution is 2.37. The highest BCUT2D eigenvalue weighted by atomic mass is 16.7. The fourth-order valence-electron chi connectivity index (χ4n) is 4.76. The minimum Gasteiger partial charge on any atom is -0.493 e. The third-order valence-electron chi connectivity index (χ3n) is 6.68. The van der Waals surface area contributed by atoms with Crippen molar-refractivity contribution in [3.63, 3.8) is 0 Å². The lowest BCUT2D eigenvalue weighted by Crippen LogP contribution is -2.45. The van der Waals surface area contributed by atoms with E-state index in [-0.39, 0.29) is 17.9 Å². The minimum absolute atomic E-state index is 0.126.